The molecule has 20 heavy (non-hydrogen) atoms. The van der Waals surface area contributed by atoms with Crippen molar-refractivity contribution in [1.29, 1.82) is 0 Å². The van der Waals surface area contributed by atoms with Crippen LogP contribution in [0.3, 0.4) is 0 Å². The van der Waals surface area contributed by atoms with Gasteiger partial charge < -0.3 is 0 Å². The van der Waals surface area contributed by atoms with E-state index >= 15 is 0 Å². The molecule has 3 rings (SSSR count). The Kier molecular flexibility index (Phi) is 2.88. The lowest BCUT2D eigenvalue weighted by molar-refractivity contribution is -0.0882. The molecule has 1 nitrogen and oxygen atoms in total. The maximum absolute atomic E-state index is 12.5. The van der Waals surface area contributed by atoms with E-state index in [9.17, 15) is 13.2 Å². The number of aromatic nitrogens is 1. The third-order valence-electron chi connectivity index (χ3n) is 3.07. The zero-order valence-corrected chi connectivity index (χ0v) is 10.3. The Morgan fingerprint density at radius 2 is 1.80 bits per heavy atom. The third kappa shape index (κ3) is 2.22. The van der Waals surface area contributed by atoms with E-state index in [4.69, 9.17) is 0 Å². The number of hydrogen-bond acceptors (Lipinski definition) is 1. The molecule has 0 unspecified atom stereocenters. The Bertz CT molecular complexity index is 746. The van der Waals surface area contributed by atoms with Crippen molar-refractivity contribution in [2.45, 2.75) is 6.18 Å². The van der Waals surface area contributed by atoms with Crippen LogP contribution in [0.25, 0.3) is 16.3 Å². The first-order valence-electron chi connectivity index (χ1n) is 5.99. The average molecular weight is 272 g/mol. The summed E-state index contributed by atoms with van der Waals surface area (Å²) in [5.74, 6) is 0. The van der Waals surface area contributed by atoms with Crippen LogP contribution in [0.1, 0.15) is 5.69 Å². The quantitative estimate of drug-likeness (QED) is 0.697. The molecule has 4 heteroatoms. The topological polar surface area (TPSA) is 12.9 Å². The molecule has 1 heterocycles. The molecule has 0 saturated heterocycles. The van der Waals surface area contributed by atoms with Gasteiger partial charge in [-0.3, -0.25) is 0 Å². The lowest BCUT2D eigenvalue weighted by atomic mass is 9.99. The standard InChI is InChI=1S/C16H9F3N/c17-16(18,19)13-7-5-12(6-8-13)15-14-4-2-1-3-11(14)9-10-20-15/h1-5,7-10H/q+1. The average Bonchev–Trinajstić information content (AvgIpc) is 2.46. The molecule has 0 fully saturated rings. The smallest absolute Gasteiger partial charge is 0.205 e. The minimum absolute atomic E-state index is 0.551. The Labute approximate surface area is 113 Å². The molecule has 1 aromatic carbocycles. The van der Waals surface area contributed by atoms with Gasteiger partial charge >= 0.3 is 6.18 Å². The second-order valence-corrected chi connectivity index (χ2v) is 4.37. The highest BCUT2D eigenvalue weighted by Gasteiger charge is 2.37. The normalized spacial score (nSPS) is 14.8. The predicted octanol–water partition coefficient (Wildman–Crippen LogP) is 4.48. The van der Waals surface area contributed by atoms with Crippen molar-refractivity contribution in [1.82, 2.24) is 4.98 Å². The van der Waals surface area contributed by atoms with Crippen LogP contribution in [0.4, 0.5) is 13.2 Å². The SMILES string of the molecule is FC(F)(F)C1=C[C+]=C(c2nccc3ccccc23)C=C1. The van der Waals surface area contributed by atoms with Crippen molar-refractivity contribution in [3.63, 3.8) is 0 Å². The van der Waals surface area contributed by atoms with Crippen molar-refractivity contribution in [2.75, 3.05) is 0 Å². The summed E-state index contributed by atoms with van der Waals surface area (Å²) in [5, 5.41) is 1.89. The Hall–Kier alpha value is -2.45. The van der Waals surface area contributed by atoms with Gasteiger partial charge in [0.15, 0.2) is 11.3 Å². The number of fused-ring (bicyclic) bond motifs is 1. The summed E-state index contributed by atoms with van der Waals surface area (Å²) in [5.41, 5.74) is 0.480. The summed E-state index contributed by atoms with van der Waals surface area (Å²) in [6.07, 6.45) is 3.37. The van der Waals surface area contributed by atoms with E-state index in [1.165, 1.54) is 6.08 Å². The van der Waals surface area contributed by atoms with Crippen molar-refractivity contribution in [2.24, 2.45) is 0 Å². The lowest BCUT2D eigenvalue weighted by Crippen LogP contribution is -2.10. The van der Waals surface area contributed by atoms with E-state index in [0.29, 0.717) is 11.3 Å². The van der Waals surface area contributed by atoms with Crippen molar-refractivity contribution in [3.05, 3.63) is 72.1 Å². The molecule has 98 valence electrons. The van der Waals surface area contributed by atoms with E-state index in [1.54, 1.807) is 6.20 Å². The van der Waals surface area contributed by atoms with Gasteiger partial charge in [0.2, 0.25) is 0 Å². The van der Waals surface area contributed by atoms with Gasteiger partial charge in [-0.1, -0.05) is 18.2 Å². The Morgan fingerprint density at radius 3 is 2.50 bits per heavy atom. The highest BCUT2D eigenvalue weighted by Crippen LogP contribution is 2.32. The second kappa shape index (κ2) is 4.58. The summed E-state index contributed by atoms with van der Waals surface area (Å²) in [6, 6.07) is 9.47. The van der Waals surface area contributed by atoms with E-state index in [2.05, 4.69) is 11.1 Å². The van der Waals surface area contributed by atoms with Crippen LogP contribution in [-0.2, 0) is 0 Å². The predicted molar refractivity (Wildman–Crippen MR) is 71.7 cm³/mol. The molecular weight excluding hydrogens is 263 g/mol. The van der Waals surface area contributed by atoms with Crippen LogP contribution >= 0.6 is 0 Å². The van der Waals surface area contributed by atoms with Gasteiger partial charge in [-0.2, -0.15) is 13.2 Å². The van der Waals surface area contributed by atoms with Gasteiger partial charge in [-0.15, -0.1) is 0 Å². The Morgan fingerprint density at radius 1 is 1.00 bits per heavy atom. The third-order valence-corrected chi connectivity index (χ3v) is 3.07. The fraction of sp³-hybridized carbons (Fsp3) is 0.0625. The molecule has 0 saturated carbocycles. The fourth-order valence-corrected chi connectivity index (χ4v) is 2.08. The van der Waals surface area contributed by atoms with Crippen LogP contribution in [0.15, 0.2) is 60.3 Å². The number of allylic oxidation sites excluding steroid dienone is 6. The Balaban J connectivity index is 2.09. The minimum atomic E-state index is -4.35. The van der Waals surface area contributed by atoms with Gasteiger partial charge in [0.25, 0.3) is 0 Å². The van der Waals surface area contributed by atoms with E-state index < -0.39 is 11.7 Å². The van der Waals surface area contributed by atoms with E-state index in [1.807, 2.05) is 30.3 Å². The van der Waals surface area contributed by atoms with Crippen LogP contribution in [-0.4, -0.2) is 11.2 Å². The lowest BCUT2D eigenvalue weighted by Gasteiger charge is -2.05. The van der Waals surface area contributed by atoms with Gasteiger partial charge in [0.05, 0.1) is 11.5 Å². The molecule has 0 N–H and O–H groups in total. The molecular formula is C16H9F3N+. The summed E-state index contributed by atoms with van der Waals surface area (Å²) < 4.78 is 37.6. The molecule has 0 aliphatic heterocycles. The summed E-state index contributed by atoms with van der Waals surface area (Å²) >= 11 is 0. The number of nitrogens with zero attached hydrogens (tertiary/aromatic N) is 1. The largest absolute Gasteiger partial charge is 0.454 e. The molecule has 0 atom stereocenters. The second-order valence-electron chi connectivity index (χ2n) is 4.37. The summed E-state index contributed by atoms with van der Waals surface area (Å²) in [4.78, 5) is 4.26. The molecule has 0 amide bonds. The molecule has 1 aromatic heterocycles. The summed E-state index contributed by atoms with van der Waals surface area (Å²) in [6.45, 7) is 0. The van der Waals surface area contributed by atoms with Gasteiger partial charge in [-0.25, -0.2) is 4.98 Å². The van der Waals surface area contributed by atoms with Crippen molar-refractivity contribution < 1.29 is 13.2 Å². The zero-order chi connectivity index (χ0) is 14.2. The van der Waals surface area contributed by atoms with Crippen molar-refractivity contribution in [3.8, 4) is 0 Å². The molecule has 2 aromatic rings. The fourth-order valence-electron chi connectivity index (χ4n) is 2.08. The minimum Gasteiger partial charge on any atom is -0.205 e. The van der Waals surface area contributed by atoms with Crippen LogP contribution < -0.4 is 0 Å². The number of alkyl halides is 3. The van der Waals surface area contributed by atoms with E-state index in [-0.39, 0.29) is 0 Å². The first-order chi connectivity index (χ1) is 9.55. The van der Waals surface area contributed by atoms with Crippen LogP contribution in [0, 0.1) is 6.08 Å². The number of pyridine rings is 1. The number of halogens is 3. The molecule has 1 aliphatic rings. The zero-order valence-electron chi connectivity index (χ0n) is 10.3. The maximum atomic E-state index is 12.5. The van der Waals surface area contributed by atoms with E-state index in [0.717, 1.165) is 22.9 Å². The van der Waals surface area contributed by atoms with Gasteiger partial charge in [0.1, 0.15) is 5.57 Å². The first kappa shape index (κ1) is 12.6. The van der Waals surface area contributed by atoms with Gasteiger partial charge in [-0.05, 0) is 17.5 Å². The number of hydrogen-bond donors (Lipinski definition) is 0. The number of benzene rings is 1. The van der Waals surface area contributed by atoms with Crippen LogP contribution in [0.2, 0.25) is 0 Å². The molecule has 0 bridgehead atoms. The van der Waals surface area contributed by atoms with Crippen LogP contribution in [0.5, 0.6) is 0 Å². The molecule has 0 spiro atoms. The molecule has 1 aliphatic carbocycles. The first-order valence-corrected chi connectivity index (χ1v) is 5.99. The number of rotatable bonds is 1. The van der Waals surface area contributed by atoms with Crippen molar-refractivity contribution >= 4 is 16.3 Å². The highest BCUT2D eigenvalue weighted by atomic mass is 19.4. The maximum Gasteiger partial charge on any atom is 0.454 e. The highest BCUT2D eigenvalue weighted by molar-refractivity contribution is 5.94. The summed E-state index contributed by atoms with van der Waals surface area (Å²) in [7, 11) is 0. The monoisotopic (exact) mass is 272 g/mol. The molecule has 0 radical (unpaired) electrons. The van der Waals surface area contributed by atoms with Gasteiger partial charge in [0, 0.05) is 24.4 Å².